The molecule has 24 heavy (non-hydrogen) atoms. The summed E-state index contributed by atoms with van der Waals surface area (Å²) in [4.78, 5) is 22.8. The van der Waals surface area contributed by atoms with E-state index in [-0.39, 0.29) is 19.8 Å². The van der Waals surface area contributed by atoms with E-state index < -0.39 is 36.5 Å². The molecule has 0 saturated carbocycles. The molecule has 0 amide bonds. The Labute approximate surface area is 147 Å². The van der Waals surface area contributed by atoms with Crippen molar-refractivity contribution in [2.24, 2.45) is 0 Å². The van der Waals surface area contributed by atoms with Crippen LogP contribution in [-0.4, -0.2) is 58.6 Å². The van der Waals surface area contributed by atoms with Gasteiger partial charge in [-0.05, 0) is 0 Å². The van der Waals surface area contributed by atoms with Gasteiger partial charge in [0, 0.05) is 0 Å². The molecule has 0 N–H and O–H groups in total. The maximum absolute atomic E-state index is 11.6. The van der Waals surface area contributed by atoms with Crippen LogP contribution >= 0.6 is 0 Å². The van der Waals surface area contributed by atoms with Gasteiger partial charge in [0.1, 0.15) is 0 Å². The van der Waals surface area contributed by atoms with Crippen LogP contribution in [0.4, 0.5) is 0 Å². The van der Waals surface area contributed by atoms with Gasteiger partial charge in [-0.3, -0.25) is 0 Å². The van der Waals surface area contributed by atoms with Crippen molar-refractivity contribution < 1.29 is 28.5 Å². The summed E-state index contributed by atoms with van der Waals surface area (Å²) in [6.45, 7) is 4.46. The number of ether oxygens (including phenoxy) is 4. The Hall–Kier alpha value is -1.40. The number of hydrogen-bond acceptors (Lipinski definition) is 6. The Morgan fingerprint density at radius 3 is 2.17 bits per heavy atom. The molecule has 0 aliphatic carbocycles. The summed E-state index contributed by atoms with van der Waals surface area (Å²) in [6, 6.07) is 9.87. The van der Waals surface area contributed by atoms with E-state index in [1.165, 1.54) is 13.8 Å². The number of carbonyl (C=O) groups is 2. The second-order valence-corrected chi connectivity index (χ2v) is 8.11. The first kappa shape index (κ1) is 18.9. The molecule has 1 aliphatic heterocycles. The van der Waals surface area contributed by atoms with Gasteiger partial charge in [0.2, 0.25) is 0 Å². The van der Waals surface area contributed by atoms with Crippen LogP contribution in [0.15, 0.2) is 30.3 Å². The normalized spacial score (nSPS) is 29.8. The molecule has 5 atom stereocenters. The topological polar surface area (TPSA) is 71.1 Å². The molecule has 0 unspecified atom stereocenters. The Morgan fingerprint density at radius 2 is 1.62 bits per heavy atom. The van der Waals surface area contributed by atoms with Gasteiger partial charge in [-0.15, -0.1) is 0 Å². The van der Waals surface area contributed by atoms with E-state index in [2.05, 4.69) is 0 Å². The second-order valence-electron chi connectivity index (χ2n) is 5.49. The monoisotopic (exact) mass is 402 g/mol. The molecule has 0 radical (unpaired) electrons. The van der Waals surface area contributed by atoms with Crippen LogP contribution in [0.3, 0.4) is 0 Å². The first-order valence-electron chi connectivity index (χ1n) is 7.66. The molecular weight excluding hydrogens is 379 g/mol. The summed E-state index contributed by atoms with van der Waals surface area (Å²) >= 11 is -0.0966. The molecule has 1 fully saturated rings. The average Bonchev–Trinajstić information content (AvgIpc) is 2.53. The zero-order valence-corrected chi connectivity index (χ0v) is 15.8. The number of methoxy groups -OCH3 is 1. The molecule has 0 aromatic heterocycles. The van der Waals surface area contributed by atoms with Gasteiger partial charge < -0.3 is 0 Å². The van der Waals surface area contributed by atoms with Gasteiger partial charge in [-0.25, -0.2) is 0 Å². The molecular formula is C17H22O6Se. The first-order chi connectivity index (χ1) is 11.4. The summed E-state index contributed by atoms with van der Waals surface area (Å²) in [7, 11) is 1.56. The van der Waals surface area contributed by atoms with Crippen LogP contribution in [0, 0.1) is 0 Å². The van der Waals surface area contributed by atoms with E-state index in [0.717, 1.165) is 4.46 Å². The van der Waals surface area contributed by atoms with Crippen molar-refractivity contribution in [3.8, 4) is 0 Å². The molecule has 6 nitrogen and oxygen atoms in total. The molecule has 1 heterocycles. The van der Waals surface area contributed by atoms with Crippen molar-refractivity contribution in [3.05, 3.63) is 30.3 Å². The summed E-state index contributed by atoms with van der Waals surface area (Å²) in [6.07, 6.45) is -2.24. The van der Waals surface area contributed by atoms with Crippen LogP contribution < -0.4 is 4.46 Å². The van der Waals surface area contributed by atoms with Crippen LogP contribution in [0.25, 0.3) is 0 Å². The van der Waals surface area contributed by atoms with Gasteiger partial charge in [0.25, 0.3) is 0 Å². The van der Waals surface area contributed by atoms with Gasteiger partial charge in [-0.1, -0.05) is 0 Å². The van der Waals surface area contributed by atoms with Crippen molar-refractivity contribution in [2.45, 2.75) is 50.2 Å². The molecule has 1 saturated heterocycles. The van der Waals surface area contributed by atoms with Gasteiger partial charge >= 0.3 is 148 Å². The van der Waals surface area contributed by atoms with E-state index in [0.29, 0.717) is 0 Å². The van der Waals surface area contributed by atoms with Crippen molar-refractivity contribution in [3.63, 3.8) is 0 Å². The minimum absolute atomic E-state index is 0.0966. The molecule has 7 heteroatoms. The van der Waals surface area contributed by atoms with E-state index in [1.54, 1.807) is 14.0 Å². The van der Waals surface area contributed by atoms with Crippen LogP contribution in [0.5, 0.6) is 0 Å². The van der Waals surface area contributed by atoms with Crippen molar-refractivity contribution in [1.29, 1.82) is 0 Å². The number of carbonyl (C=O) groups excluding carboxylic acids is 2. The van der Waals surface area contributed by atoms with Gasteiger partial charge in [-0.2, -0.15) is 0 Å². The molecule has 1 aromatic carbocycles. The summed E-state index contributed by atoms with van der Waals surface area (Å²) in [5.74, 6) is -0.857. The van der Waals surface area contributed by atoms with E-state index >= 15 is 0 Å². The number of esters is 2. The molecule has 0 spiro atoms. The summed E-state index contributed by atoms with van der Waals surface area (Å²) in [5.41, 5.74) is 0. The quantitative estimate of drug-likeness (QED) is 0.543. The summed E-state index contributed by atoms with van der Waals surface area (Å²) < 4.78 is 23.4. The standard InChI is InChI=1S/C17H22O6Se/c1-10-14(22-11(2)18)15(23-12(3)19)16(17(20-4)21-10)24-13-8-6-5-7-9-13/h5-10,14-17H,1-4H3/t10-,14-,15+,16-,17-/m0/s1. The molecule has 0 bridgehead atoms. The zero-order chi connectivity index (χ0) is 17.7. The summed E-state index contributed by atoms with van der Waals surface area (Å²) in [5, 5.41) is 0. The molecule has 1 aliphatic rings. The average molecular weight is 401 g/mol. The fourth-order valence-electron chi connectivity index (χ4n) is 2.62. The van der Waals surface area contributed by atoms with Gasteiger partial charge in [0.15, 0.2) is 0 Å². The van der Waals surface area contributed by atoms with Crippen molar-refractivity contribution >= 4 is 31.4 Å². The van der Waals surface area contributed by atoms with Crippen molar-refractivity contribution in [2.75, 3.05) is 7.11 Å². The number of hydrogen-bond donors (Lipinski definition) is 0. The number of benzene rings is 1. The van der Waals surface area contributed by atoms with Crippen LogP contribution in [0.1, 0.15) is 20.8 Å². The SMILES string of the molecule is CO[C@H]1O[C@@H](C)[C@H](OC(C)=O)[C@@H](OC(C)=O)[C@@H]1[Se]c1ccccc1. The predicted octanol–water partition coefficient (Wildman–Crippen LogP) is 1.06. The van der Waals surface area contributed by atoms with E-state index in [4.69, 9.17) is 18.9 Å². The molecule has 132 valence electrons. The van der Waals surface area contributed by atoms with E-state index in [1.807, 2.05) is 30.3 Å². The Balaban J connectivity index is 2.31. The van der Waals surface area contributed by atoms with Crippen LogP contribution in [-0.2, 0) is 28.5 Å². The minimum atomic E-state index is -0.659. The number of rotatable bonds is 5. The zero-order valence-electron chi connectivity index (χ0n) is 14.1. The van der Waals surface area contributed by atoms with E-state index in [9.17, 15) is 9.59 Å². The Kier molecular flexibility index (Phi) is 6.80. The Morgan fingerprint density at radius 1 is 1.04 bits per heavy atom. The third kappa shape index (κ3) is 4.80. The Bertz CT molecular complexity index is 563. The van der Waals surface area contributed by atoms with Crippen molar-refractivity contribution in [1.82, 2.24) is 0 Å². The van der Waals surface area contributed by atoms with Gasteiger partial charge in [0.05, 0.1) is 0 Å². The fraction of sp³-hybridized carbons (Fsp3) is 0.529. The third-order valence-corrected chi connectivity index (χ3v) is 6.32. The first-order valence-corrected chi connectivity index (χ1v) is 9.51. The van der Waals surface area contributed by atoms with Crippen LogP contribution in [0.2, 0.25) is 4.82 Å². The third-order valence-electron chi connectivity index (χ3n) is 3.58. The predicted molar refractivity (Wildman–Crippen MR) is 88.0 cm³/mol. The molecule has 2 rings (SSSR count). The fourth-order valence-corrected chi connectivity index (χ4v) is 5.27. The second kappa shape index (κ2) is 8.62. The molecule has 1 aromatic rings. The maximum atomic E-state index is 11.6.